The molecule has 0 aliphatic rings. The summed E-state index contributed by atoms with van der Waals surface area (Å²) in [5.74, 6) is 1.94. The van der Waals surface area contributed by atoms with Gasteiger partial charge in [-0.3, -0.25) is 0 Å². The number of aromatic nitrogens is 5. The first-order valence-electron chi connectivity index (χ1n) is 21.0. The van der Waals surface area contributed by atoms with E-state index in [1.54, 1.807) is 0 Å². The zero-order valence-electron chi connectivity index (χ0n) is 33.4. The van der Waals surface area contributed by atoms with Gasteiger partial charge in [-0.25, -0.2) is 15.0 Å². The van der Waals surface area contributed by atoms with E-state index in [4.69, 9.17) is 15.0 Å². The monoisotopic (exact) mass is 789 g/mol. The molecule has 0 bridgehead atoms. The number of fused-ring (bicyclic) bond motifs is 10. The molecule has 0 N–H and O–H groups in total. The van der Waals surface area contributed by atoms with Gasteiger partial charge in [0.05, 0.1) is 27.8 Å². The quantitative estimate of drug-likeness (QED) is 0.174. The van der Waals surface area contributed by atoms with Gasteiger partial charge in [0, 0.05) is 49.3 Å². The lowest BCUT2D eigenvalue weighted by molar-refractivity contribution is 1.07. The molecule has 13 aromatic rings. The van der Waals surface area contributed by atoms with Crippen LogP contribution in [-0.2, 0) is 0 Å². The van der Waals surface area contributed by atoms with Crippen molar-refractivity contribution in [1.29, 1.82) is 0 Å². The van der Waals surface area contributed by atoms with Gasteiger partial charge >= 0.3 is 0 Å². The molecule has 0 fully saturated rings. The van der Waals surface area contributed by atoms with Gasteiger partial charge in [0.2, 0.25) is 0 Å². The van der Waals surface area contributed by atoms with Crippen LogP contribution in [0.1, 0.15) is 0 Å². The van der Waals surface area contributed by atoms with E-state index in [2.05, 4.69) is 161 Å². The van der Waals surface area contributed by atoms with E-state index in [1.807, 2.05) is 60.7 Å². The molecule has 0 aliphatic heterocycles. The van der Waals surface area contributed by atoms with Crippen molar-refractivity contribution in [3.05, 3.63) is 212 Å². The molecule has 0 aliphatic carbocycles. The van der Waals surface area contributed by atoms with Crippen LogP contribution >= 0.6 is 0 Å². The summed E-state index contributed by atoms with van der Waals surface area (Å²) in [5.41, 5.74) is 9.83. The summed E-state index contributed by atoms with van der Waals surface area (Å²) in [7, 11) is 0. The van der Waals surface area contributed by atoms with Crippen LogP contribution in [0.2, 0.25) is 0 Å². The molecule has 0 saturated carbocycles. The molecule has 5 heteroatoms. The van der Waals surface area contributed by atoms with Gasteiger partial charge in [-0.15, -0.1) is 0 Å². The molecule has 0 radical (unpaired) electrons. The summed E-state index contributed by atoms with van der Waals surface area (Å²) in [5, 5.41) is 12.2. The lowest BCUT2D eigenvalue weighted by Crippen LogP contribution is -2.00. The molecule has 3 aromatic heterocycles. The van der Waals surface area contributed by atoms with E-state index in [0.717, 1.165) is 38.7 Å². The Morgan fingerprint density at radius 1 is 0.274 bits per heavy atom. The highest BCUT2D eigenvalue weighted by Crippen LogP contribution is 2.43. The van der Waals surface area contributed by atoms with E-state index in [-0.39, 0.29) is 0 Å². The van der Waals surface area contributed by atoms with Crippen LogP contribution in [0.4, 0.5) is 0 Å². The Morgan fingerprint density at radius 3 is 1.60 bits per heavy atom. The van der Waals surface area contributed by atoms with Crippen LogP contribution in [0, 0.1) is 0 Å². The number of rotatable bonds is 5. The molecule has 13 rings (SSSR count). The molecule has 62 heavy (non-hydrogen) atoms. The summed E-state index contributed by atoms with van der Waals surface area (Å²) in [6, 6.07) is 75.9. The summed E-state index contributed by atoms with van der Waals surface area (Å²) >= 11 is 0. The van der Waals surface area contributed by atoms with Crippen LogP contribution in [0.5, 0.6) is 0 Å². The average Bonchev–Trinajstić information content (AvgIpc) is 3.85. The zero-order valence-corrected chi connectivity index (χ0v) is 33.4. The Hall–Kier alpha value is -8.41. The lowest BCUT2D eigenvalue weighted by Gasteiger charge is -2.13. The number of hydrogen-bond acceptors (Lipinski definition) is 3. The van der Waals surface area contributed by atoms with Gasteiger partial charge in [0.1, 0.15) is 0 Å². The Balaban J connectivity index is 1.02. The Morgan fingerprint density at radius 2 is 0.839 bits per heavy atom. The molecule has 0 saturated heterocycles. The highest BCUT2D eigenvalue weighted by atomic mass is 15.0. The molecule has 0 spiro atoms. The fourth-order valence-corrected chi connectivity index (χ4v) is 9.64. The normalized spacial score (nSPS) is 11.9. The van der Waals surface area contributed by atoms with Crippen LogP contribution in [0.3, 0.4) is 0 Å². The molecule has 288 valence electrons. The predicted octanol–water partition coefficient (Wildman–Crippen LogP) is 14.5. The summed E-state index contributed by atoms with van der Waals surface area (Å²) in [6.07, 6.45) is 0. The van der Waals surface area contributed by atoms with Gasteiger partial charge in [-0.2, -0.15) is 0 Å². The molecule has 0 amide bonds. The molecular formula is C57H35N5. The number of nitrogens with zero attached hydrogens (tertiary/aromatic N) is 5. The third kappa shape index (κ3) is 5.32. The van der Waals surface area contributed by atoms with Crippen molar-refractivity contribution in [3.8, 4) is 45.5 Å². The SMILES string of the molecule is c1ccc(-c2nc(-c3ccccc3)nc(-c3ccc4cc(-n5c6ccccc6c6cc7c8c9ccccc9ccc8n(-c8cccc9ccccc89)c7cc65)ccc4c3)n2)cc1. The lowest BCUT2D eigenvalue weighted by atomic mass is 10.0. The molecular weight excluding hydrogens is 755 g/mol. The van der Waals surface area contributed by atoms with E-state index in [0.29, 0.717) is 17.5 Å². The zero-order chi connectivity index (χ0) is 40.7. The molecule has 5 nitrogen and oxygen atoms in total. The Bertz CT molecular complexity index is 3860. The van der Waals surface area contributed by atoms with Crippen LogP contribution in [0.15, 0.2) is 212 Å². The van der Waals surface area contributed by atoms with Gasteiger partial charge in [-0.1, -0.05) is 164 Å². The van der Waals surface area contributed by atoms with E-state index >= 15 is 0 Å². The maximum Gasteiger partial charge on any atom is 0.164 e. The van der Waals surface area contributed by atoms with Gasteiger partial charge in [0.25, 0.3) is 0 Å². The maximum absolute atomic E-state index is 5.01. The van der Waals surface area contributed by atoms with Crippen molar-refractivity contribution < 1.29 is 0 Å². The van der Waals surface area contributed by atoms with Crippen molar-refractivity contribution in [2.75, 3.05) is 0 Å². The largest absolute Gasteiger partial charge is 0.309 e. The standard InChI is InChI=1S/C57H35N5/c1-3-16-38(17-4-1)55-58-56(39-18-5-2-6-19-39)60-57(59-55)42-27-26-41-33-43(30-28-40(41)32-42)61-50-24-12-11-23-46(50)47-34-48-53(35-52(47)61)62(49-25-13-20-36-14-7-9-21-44(36)49)51-31-29-37-15-8-10-22-45(37)54(48)51/h1-35H. The third-order valence-corrected chi connectivity index (χ3v) is 12.5. The second-order valence-electron chi connectivity index (χ2n) is 16.0. The summed E-state index contributed by atoms with van der Waals surface area (Å²) in [4.78, 5) is 14.9. The second kappa shape index (κ2) is 13.6. The van der Waals surface area contributed by atoms with Gasteiger partial charge in [-0.05, 0) is 75.5 Å². The molecule has 3 heterocycles. The minimum atomic E-state index is 0.643. The van der Waals surface area contributed by atoms with Crippen molar-refractivity contribution in [2.24, 2.45) is 0 Å². The van der Waals surface area contributed by atoms with Crippen molar-refractivity contribution >= 4 is 75.9 Å². The van der Waals surface area contributed by atoms with Gasteiger partial charge in [0.15, 0.2) is 17.5 Å². The predicted molar refractivity (Wildman–Crippen MR) is 257 cm³/mol. The summed E-state index contributed by atoms with van der Waals surface area (Å²) in [6.45, 7) is 0. The first-order valence-corrected chi connectivity index (χ1v) is 21.0. The van der Waals surface area contributed by atoms with Crippen LogP contribution < -0.4 is 0 Å². The number of benzene rings is 10. The topological polar surface area (TPSA) is 48.5 Å². The van der Waals surface area contributed by atoms with E-state index < -0.39 is 0 Å². The Kier molecular flexibility index (Phi) is 7.54. The van der Waals surface area contributed by atoms with Crippen LogP contribution in [0.25, 0.3) is 121 Å². The van der Waals surface area contributed by atoms with E-state index in [9.17, 15) is 0 Å². The van der Waals surface area contributed by atoms with E-state index in [1.165, 1.54) is 65.3 Å². The van der Waals surface area contributed by atoms with Crippen molar-refractivity contribution in [3.63, 3.8) is 0 Å². The fourth-order valence-electron chi connectivity index (χ4n) is 9.64. The number of para-hydroxylation sites is 1. The third-order valence-electron chi connectivity index (χ3n) is 12.5. The highest BCUT2D eigenvalue weighted by molar-refractivity contribution is 6.25. The van der Waals surface area contributed by atoms with Crippen molar-refractivity contribution in [1.82, 2.24) is 24.1 Å². The van der Waals surface area contributed by atoms with Gasteiger partial charge < -0.3 is 9.13 Å². The van der Waals surface area contributed by atoms with Crippen molar-refractivity contribution in [2.45, 2.75) is 0 Å². The average molecular weight is 790 g/mol. The minimum absolute atomic E-state index is 0.643. The maximum atomic E-state index is 5.01. The Labute approximate surface area is 356 Å². The summed E-state index contributed by atoms with van der Waals surface area (Å²) < 4.78 is 4.92. The minimum Gasteiger partial charge on any atom is -0.309 e. The first kappa shape index (κ1) is 34.5. The second-order valence-corrected chi connectivity index (χ2v) is 16.0. The number of hydrogen-bond donors (Lipinski definition) is 0. The molecule has 10 aromatic carbocycles. The molecule has 0 unspecified atom stereocenters. The molecule has 0 atom stereocenters. The highest BCUT2D eigenvalue weighted by Gasteiger charge is 2.21. The smallest absolute Gasteiger partial charge is 0.164 e. The first-order chi connectivity index (χ1) is 30.7. The fraction of sp³-hybridized carbons (Fsp3) is 0. The van der Waals surface area contributed by atoms with Crippen LogP contribution in [-0.4, -0.2) is 24.1 Å².